The molecule has 1 aromatic heterocycles. The maximum absolute atomic E-state index is 13.8. The third kappa shape index (κ3) is 3.22. The largest absolute Gasteiger partial charge is 0.309 e. The Labute approximate surface area is 166 Å². The standard InChI is InChI=1S/C25H27FN2/c26-20-6-7-23-22(16-20)21(11-15-27-23)19-8-12-25(13-9-19)14-10-24(25)28-17-18-4-2-1-3-5-18/h1-7,11,15-16,19,24,28H,8-10,12-14,17H2. The van der Waals surface area contributed by atoms with E-state index in [1.807, 2.05) is 6.20 Å². The summed E-state index contributed by atoms with van der Waals surface area (Å²) in [5.41, 5.74) is 4.03. The van der Waals surface area contributed by atoms with Crippen molar-refractivity contribution in [2.24, 2.45) is 5.41 Å². The van der Waals surface area contributed by atoms with Gasteiger partial charge in [0, 0.05) is 24.2 Å². The molecule has 3 heteroatoms. The molecule has 28 heavy (non-hydrogen) atoms. The van der Waals surface area contributed by atoms with Crippen LogP contribution in [0.5, 0.6) is 0 Å². The van der Waals surface area contributed by atoms with Crippen LogP contribution in [0.4, 0.5) is 4.39 Å². The van der Waals surface area contributed by atoms with Crippen molar-refractivity contribution in [3.8, 4) is 0 Å². The minimum absolute atomic E-state index is 0.168. The summed E-state index contributed by atoms with van der Waals surface area (Å²) in [6.07, 6.45) is 9.44. The summed E-state index contributed by atoms with van der Waals surface area (Å²) in [6.45, 7) is 0.963. The first-order chi connectivity index (χ1) is 13.7. The Morgan fingerprint density at radius 3 is 2.50 bits per heavy atom. The lowest BCUT2D eigenvalue weighted by Gasteiger charge is -2.54. The van der Waals surface area contributed by atoms with Gasteiger partial charge in [0.2, 0.25) is 0 Å². The Morgan fingerprint density at radius 1 is 0.964 bits per heavy atom. The maximum atomic E-state index is 13.8. The smallest absolute Gasteiger partial charge is 0.123 e. The highest BCUT2D eigenvalue weighted by Gasteiger charge is 2.48. The van der Waals surface area contributed by atoms with Gasteiger partial charge < -0.3 is 5.32 Å². The van der Waals surface area contributed by atoms with Crippen LogP contribution >= 0.6 is 0 Å². The van der Waals surface area contributed by atoms with Gasteiger partial charge in [-0.15, -0.1) is 0 Å². The fourth-order valence-corrected chi connectivity index (χ4v) is 5.45. The zero-order valence-electron chi connectivity index (χ0n) is 16.2. The summed E-state index contributed by atoms with van der Waals surface area (Å²) in [7, 11) is 0. The van der Waals surface area contributed by atoms with Gasteiger partial charge in [-0.1, -0.05) is 30.3 Å². The summed E-state index contributed by atoms with van der Waals surface area (Å²) in [4.78, 5) is 4.42. The van der Waals surface area contributed by atoms with E-state index in [1.54, 1.807) is 12.1 Å². The minimum Gasteiger partial charge on any atom is -0.309 e. The molecule has 2 nitrogen and oxygen atoms in total. The monoisotopic (exact) mass is 374 g/mol. The number of nitrogens with one attached hydrogen (secondary N) is 1. The van der Waals surface area contributed by atoms with Gasteiger partial charge in [0.05, 0.1) is 5.52 Å². The first-order valence-corrected chi connectivity index (χ1v) is 10.6. The van der Waals surface area contributed by atoms with Gasteiger partial charge in [-0.2, -0.15) is 0 Å². The van der Waals surface area contributed by atoms with Crippen LogP contribution in [0, 0.1) is 11.2 Å². The van der Waals surface area contributed by atoms with Crippen molar-refractivity contribution in [1.29, 1.82) is 0 Å². The van der Waals surface area contributed by atoms with Crippen molar-refractivity contribution >= 4 is 10.9 Å². The van der Waals surface area contributed by atoms with Crippen molar-refractivity contribution in [1.82, 2.24) is 10.3 Å². The van der Waals surface area contributed by atoms with Crippen LogP contribution in [0.3, 0.4) is 0 Å². The van der Waals surface area contributed by atoms with E-state index in [0.29, 0.717) is 17.4 Å². The van der Waals surface area contributed by atoms with Crippen molar-refractivity contribution in [3.05, 3.63) is 77.7 Å². The van der Waals surface area contributed by atoms with E-state index in [1.165, 1.54) is 55.7 Å². The van der Waals surface area contributed by atoms with Gasteiger partial charge in [-0.3, -0.25) is 4.98 Å². The van der Waals surface area contributed by atoms with Crippen molar-refractivity contribution in [2.75, 3.05) is 0 Å². The molecule has 1 unspecified atom stereocenters. The molecule has 0 saturated heterocycles. The second kappa shape index (κ2) is 7.29. The Hall–Kier alpha value is -2.26. The molecule has 1 spiro atoms. The van der Waals surface area contributed by atoms with Crippen LogP contribution in [0.2, 0.25) is 0 Å². The summed E-state index contributed by atoms with van der Waals surface area (Å²) in [5, 5.41) is 4.82. The number of hydrogen-bond donors (Lipinski definition) is 1. The van der Waals surface area contributed by atoms with Gasteiger partial charge in [0.15, 0.2) is 0 Å². The van der Waals surface area contributed by atoms with Crippen molar-refractivity contribution in [3.63, 3.8) is 0 Å². The van der Waals surface area contributed by atoms with Gasteiger partial charge in [-0.05, 0) is 85.3 Å². The van der Waals surface area contributed by atoms with E-state index >= 15 is 0 Å². The summed E-state index contributed by atoms with van der Waals surface area (Å²) in [6, 6.07) is 18.4. The highest BCUT2D eigenvalue weighted by atomic mass is 19.1. The molecule has 0 radical (unpaired) electrons. The zero-order chi connectivity index (χ0) is 19.0. The maximum Gasteiger partial charge on any atom is 0.123 e. The molecule has 1 heterocycles. The molecule has 2 aromatic carbocycles. The Balaban J connectivity index is 1.27. The number of halogens is 1. The van der Waals surface area contributed by atoms with E-state index in [2.05, 4.69) is 46.7 Å². The summed E-state index contributed by atoms with van der Waals surface area (Å²) < 4.78 is 13.8. The SMILES string of the molecule is Fc1ccc2nccc(C3CCC4(CC3)CCC4NCc3ccccc3)c2c1. The molecule has 0 amide bonds. The highest BCUT2D eigenvalue weighted by molar-refractivity contribution is 5.82. The van der Waals surface area contributed by atoms with Gasteiger partial charge in [-0.25, -0.2) is 4.39 Å². The average Bonchev–Trinajstić information content (AvgIpc) is 2.73. The van der Waals surface area contributed by atoms with Crippen LogP contribution in [0.25, 0.3) is 10.9 Å². The van der Waals surface area contributed by atoms with Gasteiger partial charge in [0.25, 0.3) is 0 Å². The minimum atomic E-state index is -0.168. The molecule has 3 aromatic rings. The molecule has 2 fully saturated rings. The van der Waals surface area contributed by atoms with E-state index in [9.17, 15) is 4.39 Å². The number of nitrogens with zero attached hydrogens (tertiary/aromatic N) is 1. The molecular formula is C25H27FN2. The average molecular weight is 375 g/mol. The number of benzene rings is 2. The molecular weight excluding hydrogens is 347 g/mol. The topological polar surface area (TPSA) is 24.9 Å². The fourth-order valence-electron chi connectivity index (χ4n) is 5.45. The third-order valence-electron chi connectivity index (χ3n) is 7.22. The van der Waals surface area contributed by atoms with Gasteiger partial charge in [0.1, 0.15) is 5.82 Å². The summed E-state index contributed by atoms with van der Waals surface area (Å²) in [5.74, 6) is 0.353. The number of hydrogen-bond acceptors (Lipinski definition) is 2. The van der Waals surface area contributed by atoms with E-state index < -0.39 is 0 Å². The van der Waals surface area contributed by atoms with Crippen LogP contribution in [-0.2, 0) is 6.54 Å². The normalized spacial score (nSPS) is 27.0. The number of rotatable bonds is 4. The van der Waals surface area contributed by atoms with Crippen LogP contribution in [0.1, 0.15) is 55.6 Å². The molecule has 0 aliphatic heterocycles. The first kappa shape index (κ1) is 17.8. The van der Waals surface area contributed by atoms with E-state index in [0.717, 1.165) is 17.4 Å². The third-order valence-corrected chi connectivity index (χ3v) is 7.22. The second-order valence-corrected chi connectivity index (χ2v) is 8.66. The highest BCUT2D eigenvalue weighted by Crippen LogP contribution is 2.55. The first-order valence-electron chi connectivity index (χ1n) is 10.6. The van der Waals surface area contributed by atoms with Gasteiger partial charge >= 0.3 is 0 Å². The molecule has 144 valence electrons. The number of pyridine rings is 1. The van der Waals surface area contributed by atoms with E-state index in [-0.39, 0.29) is 5.82 Å². The molecule has 5 rings (SSSR count). The summed E-state index contributed by atoms with van der Waals surface area (Å²) >= 11 is 0. The van der Waals surface area contributed by atoms with Crippen molar-refractivity contribution < 1.29 is 4.39 Å². The lowest BCUT2D eigenvalue weighted by atomic mass is 9.55. The fraction of sp³-hybridized carbons (Fsp3) is 0.400. The lowest BCUT2D eigenvalue weighted by molar-refractivity contribution is 0.0165. The molecule has 2 aliphatic rings. The molecule has 1 atom stereocenters. The number of fused-ring (bicyclic) bond motifs is 1. The lowest BCUT2D eigenvalue weighted by Crippen LogP contribution is -2.54. The van der Waals surface area contributed by atoms with Crippen LogP contribution in [0.15, 0.2) is 60.8 Å². The Bertz CT molecular complexity index is 961. The second-order valence-electron chi connectivity index (χ2n) is 8.66. The van der Waals surface area contributed by atoms with Crippen LogP contribution < -0.4 is 5.32 Å². The predicted octanol–water partition coefficient (Wildman–Crippen LogP) is 5.97. The zero-order valence-corrected chi connectivity index (χ0v) is 16.2. The number of aromatic nitrogens is 1. The molecule has 2 saturated carbocycles. The van der Waals surface area contributed by atoms with E-state index in [4.69, 9.17) is 0 Å². The van der Waals surface area contributed by atoms with Crippen molar-refractivity contribution in [2.45, 2.75) is 57.0 Å². The Kier molecular flexibility index (Phi) is 4.64. The molecule has 0 bridgehead atoms. The predicted molar refractivity (Wildman–Crippen MR) is 112 cm³/mol. The Morgan fingerprint density at radius 2 is 1.75 bits per heavy atom. The molecule has 2 aliphatic carbocycles. The quantitative estimate of drug-likeness (QED) is 0.608. The molecule has 1 N–H and O–H groups in total. The van der Waals surface area contributed by atoms with Crippen LogP contribution in [-0.4, -0.2) is 11.0 Å².